The van der Waals surface area contributed by atoms with Gasteiger partial charge in [-0.2, -0.15) is 23.4 Å². The number of hydrogen-bond donors (Lipinski definition) is 3. The average molecular weight is 683 g/mol. The third-order valence-corrected chi connectivity index (χ3v) is 16.9. The van der Waals surface area contributed by atoms with Gasteiger partial charge in [-0.05, 0) is 123 Å². The molecule has 262 valence electrons. The van der Waals surface area contributed by atoms with Crippen molar-refractivity contribution in [3.63, 3.8) is 0 Å². The number of anilines is 2. The number of aromatic nitrogens is 2. The summed E-state index contributed by atoms with van der Waals surface area (Å²) >= 11 is 0. The Hall–Kier alpha value is -2.68. The monoisotopic (exact) mass is 682 g/mol. The molecule has 7 nitrogen and oxygen atoms in total. The van der Waals surface area contributed by atoms with E-state index in [1.165, 1.54) is 76.1 Å². The van der Waals surface area contributed by atoms with Gasteiger partial charge < -0.3 is 20.4 Å². The predicted molar refractivity (Wildman–Crippen MR) is 186 cm³/mol. The molecule has 3 N–H and O–H groups in total. The van der Waals surface area contributed by atoms with Crippen molar-refractivity contribution in [3.05, 3.63) is 47.2 Å². The van der Waals surface area contributed by atoms with Crippen molar-refractivity contribution < 1.29 is 17.6 Å². The molecule has 11 heteroatoms. The van der Waals surface area contributed by atoms with Crippen molar-refractivity contribution in [3.8, 4) is 6.07 Å². The Kier molecular flexibility index (Phi) is 9.93. The first-order valence-electron chi connectivity index (χ1n) is 18.0. The van der Waals surface area contributed by atoms with Crippen molar-refractivity contribution in [2.75, 3.05) is 23.7 Å². The average Bonchev–Trinajstić information content (AvgIpc) is 3.02. The second kappa shape index (κ2) is 13.6. The summed E-state index contributed by atoms with van der Waals surface area (Å²) in [6, 6.07) is 8.25. The first-order chi connectivity index (χ1) is 22.6. The Bertz CT molecular complexity index is 1460. The normalized spacial score (nSPS) is 30.2. The topological polar surface area (TPSA) is 94.9 Å². The molecule has 5 aliphatic rings. The highest BCUT2D eigenvalue weighted by Crippen LogP contribution is 2.60. The van der Waals surface area contributed by atoms with Crippen LogP contribution in [0, 0.1) is 40.4 Å². The number of nitrogens with zero attached hydrogens (tertiary/aromatic N) is 3. The molecule has 0 spiro atoms. The number of nitriles is 1. The van der Waals surface area contributed by atoms with Gasteiger partial charge >= 0.3 is 6.18 Å². The lowest BCUT2D eigenvalue weighted by molar-refractivity contribution is -0.138. The van der Waals surface area contributed by atoms with Crippen molar-refractivity contribution in [2.24, 2.45) is 29.1 Å². The molecule has 5 fully saturated rings. The Morgan fingerprint density at radius 3 is 2.33 bits per heavy atom. The Morgan fingerprint density at radius 2 is 1.69 bits per heavy atom. The summed E-state index contributed by atoms with van der Waals surface area (Å²) in [6.45, 7) is 13.5. The Morgan fingerprint density at radius 1 is 1.00 bits per heavy atom. The van der Waals surface area contributed by atoms with Crippen LogP contribution in [0.25, 0.3) is 0 Å². The van der Waals surface area contributed by atoms with E-state index in [9.17, 15) is 18.4 Å². The minimum absolute atomic E-state index is 0.0729. The third-order valence-electron chi connectivity index (χ3n) is 12.4. The summed E-state index contributed by atoms with van der Waals surface area (Å²) in [7, 11) is -1.73. The van der Waals surface area contributed by atoms with Gasteiger partial charge in [0.15, 0.2) is 8.32 Å². The van der Waals surface area contributed by atoms with Gasteiger partial charge in [-0.25, -0.2) is 4.98 Å². The van der Waals surface area contributed by atoms with Crippen LogP contribution in [-0.4, -0.2) is 43.5 Å². The van der Waals surface area contributed by atoms with Crippen molar-refractivity contribution in [2.45, 2.75) is 122 Å². The fourth-order valence-corrected chi connectivity index (χ4v) is 10.6. The second-order valence-electron chi connectivity index (χ2n) is 16.9. The first kappa shape index (κ1) is 35.2. The van der Waals surface area contributed by atoms with Gasteiger partial charge in [-0.1, -0.05) is 39.0 Å². The molecular formula is C37H53F3N6OSi. The van der Waals surface area contributed by atoms with Crippen LogP contribution in [0.1, 0.15) is 95.2 Å². The molecule has 5 saturated carbocycles. The molecule has 0 amide bonds. The summed E-state index contributed by atoms with van der Waals surface area (Å²) in [5.41, 5.74) is -0.0549. The van der Waals surface area contributed by atoms with Crippen molar-refractivity contribution >= 4 is 20.1 Å². The minimum Gasteiger partial charge on any atom is -0.414 e. The van der Waals surface area contributed by atoms with Gasteiger partial charge in [0.1, 0.15) is 17.5 Å². The lowest BCUT2D eigenvalue weighted by Crippen LogP contribution is -2.60. The smallest absolute Gasteiger partial charge is 0.414 e. The molecule has 5 atom stereocenters. The van der Waals surface area contributed by atoms with Gasteiger partial charge in [0.05, 0.1) is 11.8 Å². The minimum atomic E-state index is -4.44. The van der Waals surface area contributed by atoms with Gasteiger partial charge in [-0.15, -0.1) is 0 Å². The highest BCUT2D eigenvalue weighted by atomic mass is 28.4. The maximum atomic E-state index is 13.5. The molecule has 0 radical (unpaired) electrons. The van der Waals surface area contributed by atoms with Crippen LogP contribution >= 0.6 is 0 Å². The van der Waals surface area contributed by atoms with Crippen LogP contribution in [0.15, 0.2) is 30.5 Å². The van der Waals surface area contributed by atoms with E-state index in [0.29, 0.717) is 35.4 Å². The van der Waals surface area contributed by atoms with E-state index >= 15 is 0 Å². The predicted octanol–water partition coefficient (Wildman–Crippen LogP) is 8.76. The molecule has 0 saturated heterocycles. The second-order valence-corrected chi connectivity index (χ2v) is 21.6. The van der Waals surface area contributed by atoms with Crippen LogP contribution in [0.2, 0.25) is 18.1 Å². The summed E-state index contributed by atoms with van der Waals surface area (Å²) in [5.74, 6) is 3.45. The van der Waals surface area contributed by atoms with E-state index in [-0.39, 0.29) is 28.5 Å². The van der Waals surface area contributed by atoms with Gasteiger partial charge in [0, 0.05) is 25.2 Å². The van der Waals surface area contributed by atoms with Crippen LogP contribution in [0.4, 0.5) is 24.9 Å². The molecule has 0 aliphatic heterocycles. The number of nitrogens with one attached hydrogen (secondary N) is 3. The van der Waals surface area contributed by atoms with E-state index in [4.69, 9.17) is 4.43 Å². The maximum absolute atomic E-state index is 13.5. The quantitative estimate of drug-likeness (QED) is 0.204. The maximum Gasteiger partial charge on any atom is 0.416 e. The van der Waals surface area contributed by atoms with Crippen molar-refractivity contribution in [1.29, 1.82) is 5.26 Å². The molecule has 1 heterocycles. The molecule has 5 aliphatic carbocycles. The standard InChI is InChI=1S/C37H53F3N6OSi/c1-35(2,3)48(4,5)47-30-12-10-24(11-13-30)20-42-32-27-14-25-15-28(32)18-36(16-25,17-27)23-45-33-29(19-41)22-44-34(46-33)43-21-26-8-6-7-9-31(26)37(38,39)40/h6-9,22,24-25,27-28,30,32,42H,10-18,20-21,23H2,1-5H3,(H2,43,44,45,46)/t24?,25?,27-,28+,30?,32?,36?. The lowest BCUT2D eigenvalue weighted by Gasteiger charge is -2.60. The molecule has 2 aromatic rings. The highest BCUT2D eigenvalue weighted by molar-refractivity contribution is 6.74. The first-order valence-corrected chi connectivity index (χ1v) is 20.9. The fraction of sp³-hybridized carbons (Fsp3) is 0.703. The van der Waals surface area contributed by atoms with E-state index in [1.807, 2.05) is 0 Å². The Balaban J connectivity index is 1.02. The number of benzene rings is 1. The zero-order valence-electron chi connectivity index (χ0n) is 29.2. The molecule has 7 rings (SSSR count). The van der Waals surface area contributed by atoms with Crippen molar-refractivity contribution in [1.82, 2.24) is 15.3 Å². The van der Waals surface area contributed by atoms with E-state index in [1.54, 1.807) is 6.07 Å². The van der Waals surface area contributed by atoms with E-state index < -0.39 is 20.1 Å². The fourth-order valence-electron chi connectivity index (χ4n) is 9.17. The molecule has 3 unspecified atom stereocenters. The molecule has 48 heavy (non-hydrogen) atoms. The van der Waals surface area contributed by atoms with Crippen LogP contribution in [-0.2, 0) is 17.1 Å². The highest BCUT2D eigenvalue weighted by Gasteiger charge is 2.55. The SMILES string of the molecule is CC(C)(C)[Si](C)(C)OC1CCC(CNC2[C@@H]3CC4C[C@H]2CC(CNc2nc(NCc5ccccc5C(F)(F)F)ncc2C#N)(C4)C3)CC1. The number of rotatable bonds is 11. The van der Waals surface area contributed by atoms with E-state index in [0.717, 1.165) is 31.0 Å². The zero-order valence-corrected chi connectivity index (χ0v) is 30.2. The summed E-state index contributed by atoms with van der Waals surface area (Å²) in [5, 5.41) is 20.5. The largest absolute Gasteiger partial charge is 0.416 e. The number of halogens is 3. The van der Waals surface area contributed by atoms with Gasteiger partial charge in [0.25, 0.3) is 0 Å². The molecule has 1 aromatic carbocycles. The van der Waals surface area contributed by atoms with Crippen LogP contribution < -0.4 is 16.0 Å². The summed E-state index contributed by atoms with van der Waals surface area (Å²) in [6.07, 6.45) is 8.41. The number of hydrogen-bond acceptors (Lipinski definition) is 7. The zero-order chi connectivity index (χ0) is 34.3. The summed E-state index contributed by atoms with van der Waals surface area (Å²) < 4.78 is 47.2. The molecule has 4 bridgehead atoms. The number of alkyl halides is 3. The van der Waals surface area contributed by atoms with E-state index in [2.05, 4.69) is 65.9 Å². The van der Waals surface area contributed by atoms with Gasteiger partial charge in [0.2, 0.25) is 5.95 Å². The molecular weight excluding hydrogens is 630 g/mol. The van der Waals surface area contributed by atoms with Crippen LogP contribution in [0.5, 0.6) is 0 Å². The Labute approximate surface area is 285 Å². The van der Waals surface area contributed by atoms with Crippen LogP contribution in [0.3, 0.4) is 0 Å². The molecule has 1 aromatic heterocycles. The van der Waals surface area contributed by atoms with Gasteiger partial charge in [-0.3, -0.25) is 0 Å². The summed E-state index contributed by atoms with van der Waals surface area (Å²) in [4.78, 5) is 8.75. The third kappa shape index (κ3) is 7.71. The lowest BCUT2D eigenvalue weighted by atomic mass is 9.48.